The zero-order valence-corrected chi connectivity index (χ0v) is 10.7. The summed E-state index contributed by atoms with van der Waals surface area (Å²) < 4.78 is 13.5. The van der Waals surface area contributed by atoms with Gasteiger partial charge in [0.25, 0.3) is 0 Å². The summed E-state index contributed by atoms with van der Waals surface area (Å²) in [5, 5.41) is 5.86. The van der Waals surface area contributed by atoms with Gasteiger partial charge in [-0.15, -0.1) is 0 Å². The van der Waals surface area contributed by atoms with Crippen LogP contribution in [-0.4, -0.2) is 25.0 Å². The molecule has 0 heterocycles. The molecule has 18 heavy (non-hydrogen) atoms. The van der Waals surface area contributed by atoms with Gasteiger partial charge in [-0.2, -0.15) is 0 Å². The summed E-state index contributed by atoms with van der Waals surface area (Å²) in [6, 6.07) is 7.04. The van der Waals surface area contributed by atoms with Crippen molar-refractivity contribution in [3.63, 3.8) is 0 Å². The molecular formula is C14H19FN2O. The molecule has 1 saturated carbocycles. The van der Waals surface area contributed by atoms with Gasteiger partial charge in [-0.3, -0.25) is 4.79 Å². The maximum atomic E-state index is 13.5. The van der Waals surface area contributed by atoms with Gasteiger partial charge in [0.2, 0.25) is 5.91 Å². The lowest BCUT2D eigenvalue weighted by Gasteiger charge is -2.37. The topological polar surface area (TPSA) is 41.1 Å². The van der Waals surface area contributed by atoms with Crippen molar-refractivity contribution in [3.8, 4) is 0 Å². The molecule has 0 radical (unpaired) electrons. The van der Waals surface area contributed by atoms with Crippen LogP contribution in [0, 0.1) is 5.82 Å². The summed E-state index contributed by atoms with van der Waals surface area (Å²) in [5.74, 6) is 0.144. The summed E-state index contributed by atoms with van der Waals surface area (Å²) in [5.41, 5.74) is 0.795. The van der Waals surface area contributed by atoms with Gasteiger partial charge in [0.1, 0.15) is 5.82 Å². The molecule has 0 saturated heterocycles. The third-order valence-corrected chi connectivity index (χ3v) is 3.61. The van der Waals surface area contributed by atoms with E-state index >= 15 is 0 Å². The van der Waals surface area contributed by atoms with Gasteiger partial charge in [0.15, 0.2) is 0 Å². The van der Waals surface area contributed by atoms with Crippen molar-refractivity contribution in [2.24, 2.45) is 0 Å². The molecular weight excluding hydrogens is 231 g/mol. The fourth-order valence-corrected chi connectivity index (χ4v) is 2.46. The number of benzene rings is 1. The number of carbonyl (C=O) groups is 1. The second kappa shape index (κ2) is 5.48. The van der Waals surface area contributed by atoms with E-state index in [1.807, 2.05) is 19.1 Å². The molecule has 1 unspecified atom stereocenters. The van der Waals surface area contributed by atoms with Crippen molar-refractivity contribution < 1.29 is 9.18 Å². The molecule has 0 spiro atoms. The Kier molecular flexibility index (Phi) is 3.97. The first-order valence-electron chi connectivity index (χ1n) is 6.34. The molecule has 0 aliphatic heterocycles. The summed E-state index contributed by atoms with van der Waals surface area (Å²) in [7, 11) is 1.63. The molecule has 1 aliphatic carbocycles. The molecule has 0 bridgehead atoms. The van der Waals surface area contributed by atoms with Crippen molar-refractivity contribution in [2.45, 2.75) is 37.8 Å². The van der Waals surface area contributed by atoms with E-state index in [1.54, 1.807) is 13.1 Å². The normalized spacial score (nSPS) is 24.2. The summed E-state index contributed by atoms with van der Waals surface area (Å²) in [4.78, 5) is 11.4. The molecule has 98 valence electrons. The van der Waals surface area contributed by atoms with E-state index in [-0.39, 0.29) is 23.7 Å². The maximum Gasteiger partial charge on any atom is 0.236 e. The molecule has 1 amide bonds. The van der Waals surface area contributed by atoms with Crippen LogP contribution in [-0.2, 0) is 4.79 Å². The molecule has 3 nitrogen and oxygen atoms in total. The summed E-state index contributed by atoms with van der Waals surface area (Å²) >= 11 is 0. The largest absolute Gasteiger partial charge is 0.358 e. The SMILES string of the molecule is CNC(=O)C(C)NC1CC(c2ccccc2F)C1. The van der Waals surface area contributed by atoms with Crippen molar-refractivity contribution >= 4 is 5.91 Å². The number of hydrogen-bond donors (Lipinski definition) is 2. The number of nitrogens with one attached hydrogen (secondary N) is 2. The average Bonchev–Trinajstić information content (AvgIpc) is 2.33. The quantitative estimate of drug-likeness (QED) is 0.855. The number of halogens is 1. The van der Waals surface area contributed by atoms with E-state index < -0.39 is 0 Å². The first-order valence-corrected chi connectivity index (χ1v) is 6.34. The van der Waals surface area contributed by atoms with Gasteiger partial charge >= 0.3 is 0 Å². The Bertz CT molecular complexity index is 430. The van der Waals surface area contributed by atoms with Gasteiger partial charge < -0.3 is 10.6 Å². The lowest BCUT2D eigenvalue weighted by molar-refractivity contribution is -0.122. The predicted octanol–water partition coefficient (Wildman–Crippen LogP) is 1.80. The first-order chi connectivity index (χ1) is 8.61. The van der Waals surface area contributed by atoms with Gasteiger partial charge in [-0.05, 0) is 37.3 Å². The van der Waals surface area contributed by atoms with Crippen LogP contribution >= 0.6 is 0 Å². The second-order valence-corrected chi connectivity index (χ2v) is 4.89. The Labute approximate surface area is 107 Å². The highest BCUT2D eigenvalue weighted by Gasteiger charge is 2.33. The summed E-state index contributed by atoms with van der Waals surface area (Å²) in [6.45, 7) is 1.84. The minimum absolute atomic E-state index is 0.00987. The summed E-state index contributed by atoms with van der Waals surface area (Å²) in [6.07, 6.45) is 1.78. The van der Waals surface area contributed by atoms with Crippen molar-refractivity contribution in [2.75, 3.05) is 7.05 Å². The van der Waals surface area contributed by atoms with Crippen LogP contribution in [0.15, 0.2) is 24.3 Å². The highest BCUT2D eigenvalue weighted by molar-refractivity contribution is 5.80. The minimum Gasteiger partial charge on any atom is -0.358 e. The Morgan fingerprint density at radius 1 is 1.39 bits per heavy atom. The van der Waals surface area contributed by atoms with E-state index in [9.17, 15) is 9.18 Å². The van der Waals surface area contributed by atoms with E-state index in [2.05, 4.69) is 10.6 Å². The van der Waals surface area contributed by atoms with E-state index in [0.717, 1.165) is 18.4 Å². The molecule has 4 heteroatoms. The molecule has 1 aliphatic rings. The Hall–Kier alpha value is -1.42. The van der Waals surface area contributed by atoms with Crippen LogP contribution in [0.1, 0.15) is 31.2 Å². The molecule has 1 aromatic carbocycles. The molecule has 2 N–H and O–H groups in total. The maximum absolute atomic E-state index is 13.5. The van der Waals surface area contributed by atoms with Crippen LogP contribution in [0.5, 0.6) is 0 Å². The van der Waals surface area contributed by atoms with E-state index in [4.69, 9.17) is 0 Å². The van der Waals surface area contributed by atoms with Crippen LogP contribution in [0.2, 0.25) is 0 Å². The fraction of sp³-hybridized carbons (Fsp3) is 0.500. The van der Waals surface area contributed by atoms with Gasteiger partial charge in [-0.1, -0.05) is 18.2 Å². The predicted molar refractivity (Wildman–Crippen MR) is 68.8 cm³/mol. The fourth-order valence-electron chi connectivity index (χ4n) is 2.46. The third kappa shape index (κ3) is 2.70. The molecule has 1 aromatic rings. The van der Waals surface area contributed by atoms with Gasteiger partial charge in [0, 0.05) is 13.1 Å². The molecule has 1 fully saturated rings. The lowest BCUT2D eigenvalue weighted by atomic mass is 9.75. The number of hydrogen-bond acceptors (Lipinski definition) is 2. The van der Waals surface area contributed by atoms with E-state index in [0.29, 0.717) is 6.04 Å². The Morgan fingerprint density at radius 3 is 2.67 bits per heavy atom. The molecule has 1 atom stereocenters. The Balaban J connectivity index is 1.84. The number of amides is 1. The lowest BCUT2D eigenvalue weighted by Crippen LogP contribution is -2.50. The average molecular weight is 250 g/mol. The van der Waals surface area contributed by atoms with E-state index in [1.165, 1.54) is 6.07 Å². The second-order valence-electron chi connectivity index (χ2n) is 4.89. The van der Waals surface area contributed by atoms with Crippen LogP contribution in [0.25, 0.3) is 0 Å². The highest BCUT2D eigenvalue weighted by atomic mass is 19.1. The zero-order chi connectivity index (χ0) is 13.1. The number of carbonyl (C=O) groups excluding carboxylic acids is 1. The van der Waals surface area contributed by atoms with Gasteiger partial charge in [-0.25, -0.2) is 4.39 Å². The minimum atomic E-state index is -0.193. The van der Waals surface area contributed by atoms with Crippen LogP contribution in [0.4, 0.5) is 4.39 Å². The van der Waals surface area contributed by atoms with Crippen molar-refractivity contribution in [3.05, 3.63) is 35.6 Å². The first kappa shape index (κ1) is 13.0. The van der Waals surface area contributed by atoms with Crippen molar-refractivity contribution in [1.82, 2.24) is 10.6 Å². The molecule has 2 rings (SSSR count). The Morgan fingerprint density at radius 2 is 2.06 bits per heavy atom. The highest BCUT2D eigenvalue weighted by Crippen LogP contribution is 2.38. The van der Waals surface area contributed by atoms with Crippen LogP contribution < -0.4 is 10.6 Å². The third-order valence-electron chi connectivity index (χ3n) is 3.61. The van der Waals surface area contributed by atoms with Crippen molar-refractivity contribution in [1.29, 1.82) is 0 Å². The molecule has 0 aromatic heterocycles. The zero-order valence-electron chi connectivity index (χ0n) is 10.7. The number of rotatable bonds is 4. The van der Waals surface area contributed by atoms with Gasteiger partial charge in [0.05, 0.1) is 6.04 Å². The smallest absolute Gasteiger partial charge is 0.236 e. The van der Waals surface area contributed by atoms with Crippen LogP contribution in [0.3, 0.4) is 0 Å². The standard InChI is InChI=1S/C14H19FN2O/c1-9(14(18)16-2)17-11-7-10(8-11)12-5-3-4-6-13(12)15/h3-6,9-11,17H,7-8H2,1-2H3,(H,16,18). The number of likely N-dealkylation sites (N-methyl/N-ethyl adjacent to an activating group) is 1. The monoisotopic (exact) mass is 250 g/mol.